The molecule has 2 nitrogen and oxygen atoms in total. The maximum absolute atomic E-state index is 12.5. The number of ketones is 1. The molecule has 0 radical (unpaired) electrons. The minimum absolute atomic E-state index is 0.0853. The summed E-state index contributed by atoms with van der Waals surface area (Å²) in [5.74, 6) is 0.350. The van der Waals surface area contributed by atoms with Gasteiger partial charge in [0.2, 0.25) is 0 Å². The van der Waals surface area contributed by atoms with Crippen molar-refractivity contribution in [3.63, 3.8) is 0 Å². The third-order valence-corrected chi connectivity index (χ3v) is 4.24. The Labute approximate surface area is 115 Å². The fourth-order valence-corrected chi connectivity index (χ4v) is 2.84. The summed E-state index contributed by atoms with van der Waals surface area (Å²) in [4.78, 5) is 12.5. The highest BCUT2D eigenvalue weighted by Gasteiger charge is 2.30. The Kier molecular flexibility index (Phi) is 4.37. The first-order valence-electron chi connectivity index (χ1n) is 7.11. The Hall–Kier alpha value is -1.62. The third-order valence-electron chi connectivity index (χ3n) is 4.24. The zero-order chi connectivity index (χ0) is 13.8. The molecule has 0 saturated heterocycles. The van der Waals surface area contributed by atoms with Crippen LogP contribution in [0, 0.1) is 30.1 Å². The van der Waals surface area contributed by atoms with E-state index in [1.807, 2.05) is 31.2 Å². The van der Waals surface area contributed by atoms with E-state index < -0.39 is 5.92 Å². The molecule has 0 aromatic heterocycles. The summed E-state index contributed by atoms with van der Waals surface area (Å²) in [5, 5.41) is 9.33. The summed E-state index contributed by atoms with van der Waals surface area (Å²) < 4.78 is 0. The van der Waals surface area contributed by atoms with Crippen LogP contribution in [0.5, 0.6) is 0 Å². The molecule has 1 aromatic carbocycles. The molecule has 1 aliphatic carbocycles. The first-order chi connectivity index (χ1) is 9.11. The molecule has 0 heterocycles. The molecule has 0 aliphatic heterocycles. The Bertz CT molecular complexity index is 475. The quantitative estimate of drug-likeness (QED) is 0.819. The number of Topliss-reactive ketones (excluding diaryl/α,β-unsaturated/α-hetero) is 1. The molecule has 1 saturated carbocycles. The number of carbonyl (C=O) groups is 1. The number of carbonyl (C=O) groups excluding carboxylic acids is 1. The zero-order valence-corrected chi connectivity index (χ0v) is 11.7. The lowest BCUT2D eigenvalue weighted by molar-refractivity contribution is -0.124. The van der Waals surface area contributed by atoms with Crippen LogP contribution in [0.25, 0.3) is 0 Å². The molecule has 0 bridgehead atoms. The van der Waals surface area contributed by atoms with Crippen LogP contribution in [0.4, 0.5) is 0 Å². The Morgan fingerprint density at radius 3 is 2.32 bits per heavy atom. The van der Waals surface area contributed by atoms with E-state index in [9.17, 15) is 10.1 Å². The van der Waals surface area contributed by atoms with Crippen molar-refractivity contribution in [1.29, 1.82) is 5.26 Å². The fraction of sp³-hybridized carbons (Fsp3) is 0.529. The molecular formula is C17H21NO. The first kappa shape index (κ1) is 13.8. The second kappa shape index (κ2) is 6.02. The van der Waals surface area contributed by atoms with Gasteiger partial charge in [-0.15, -0.1) is 0 Å². The van der Waals surface area contributed by atoms with Crippen LogP contribution < -0.4 is 0 Å². The predicted molar refractivity (Wildman–Crippen MR) is 75.7 cm³/mol. The zero-order valence-electron chi connectivity index (χ0n) is 11.7. The van der Waals surface area contributed by atoms with E-state index in [4.69, 9.17) is 0 Å². The molecule has 1 fully saturated rings. The lowest BCUT2D eigenvalue weighted by atomic mass is 9.77. The standard InChI is InChI=1S/C17H21NO/c1-12-3-7-14(8-4-12)16(11-18)17(19)15-9-5-13(2)6-10-15/h3-4,7-8,13,15-16H,5-6,9-10H2,1-2H3. The minimum atomic E-state index is -0.584. The van der Waals surface area contributed by atoms with Gasteiger partial charge in [-0.25, -0.2) is 0 Å². The number of rotatable bonds is 3. The van der Waals surface area contributed by atoms with Gasteiger partial charge in [0.05, 0.1) is 6.07 Å². The lowest BCUT2D eigenvalue weighted by Crippen LogP contribution is -2.25. The van der Waals surface area contributed by atoms with Gasteiger partial charge < -0.3 is 0 Å². The van der Waals surface area contributed by atoms with E-state index in [-0.39, 0.29) is 11.7 Å². The summed E-state index contributed by atoms with van der Waals surface area (Å²) >= 11 is 0. The predicted octanol–water partition coefficient (Wildman–Crippen LogP) is 4.00. The van der Waals surface area contributed by atoms with Crippen molar-refractivity contribution in [2.45, 2.75) is 45.4 Å². The van der Waals surface area contributed by atoms with Gasteiger partial charge in [-0.1, -0.05) is 49.6 Å². The molecule has 0 spiro atoms. The van der Waals surface area contributed by atoms with Gasteiger partial charge in [0, 0.05) is 5.92 Å². The number of hydrogen-bond acceptors (Lipinski definition) is 2. The molecule has 2 heteroatoms. The van der Waals surface area contributed by atoms with E-state index in [1.165, 1.54) is 0 Å². The smallest absolute Gasteiger partial charge is 0.157 e. The largest absolute Gasteiger partial charge is 0.298 e. The topological polar surface area (TPSA) is 40.9 Å². The van der Waals surface area contributed by atoms with Gasteiger partial charge in [0.1, 0.15) is 5.92 Å². The Morgan fingerprint density at radius 1 is 1.21 bits per heavy atom. The number of hydrogen-bond donors (Lipinski definition) is 0. The van der Waals surface area contributed by atoms with Crippen molar-refractivity contribution in [1.82, 2.24) is 0 Å². The van der Waals surface area contributed by atoms with Crippen molar-refractivity contribution in [2.75, 3.05) is 0 Å². The summed E-state index contributed by atoms with van der Waals surface area (Å²) in [6.45, 7) is 4.25. The van der Waals surface area contributed by atoms with Gasteiger partial charge in [0.25, 0.3) is 0 Å². The third kappa shape index (κ3) is 3.23. The molecule has 2 rings (SSSR count). The number of aryl methyl sites for hydroxylation is 1. The van der Waals surface area contributed by atoms with Gasteiger partial charge in [-0.05, 0) is 31.2 Å². The van der Waals surface area contributed by atoms with E-state index in [0.717, 1.165) is 42.7 Å². The van der Waals surface area contributed by atoms with Crippen LogP contribution in [-0.2, 0) is 4.79 Å². The van der Waals surface area contributed by atoms with Crippen LogP contribution in [0.15, 0.2) is 24.3 Å². The normalized spacial score (nSPS) is 24.5. The molecule has 1 aromatic rings. The van der Waals surface area contributed by atoms with Crippen molar-refractivity contribution in [3.8, 4) is 6.07 Å². The molecule has 1 atom stereocenters. The van der Waals surface area contributed by atoms with Crippen molar-refractivity contribution in [2.24, 2.45) is 11.8 Å². The minimum Gasteiger partial charge on any atom is -0.298 e. The molecule has 19 heavy (non-hydrogen) atoms. The van der Waals surface area contributed by atoms with Crippen LogP contribution in [-0.4, -0.2) is 5.78 Å². The second-order valence-corrected chi connectivity index (χ2v) is 5.83. The Morgan fingerprint density at radius 2 is 1.79 bits per heavy atom. The maximum Gasteiger partial charge on any atom is 0.157 e. The second-order valence-electron chi connectivity index (χ2n) is 5.83. The lowest BCUT2D eigenvalue weighted by Gasteiger charge is -2.26. The number of benzene rings is 1. The SMILES string of the molecule is Cc1ccc(C(C#N)C(=O)C2CCC(C)CC2)cc1. The molecular weight excluding hydrogens is 234 g/mol. The molecule has 1 aliphatic rings. The van der Waals surface area contributed by atoms with Crippen molar-refractivity contribution in [3.05, 3.63) is 35.4 Å². The molecule has 0 N–H and O–H groups in total. The van der Waals surface area contributed by atoms with Crippen LogP contribution >= 0.6 is 0 Å². The average Bonchev–Trinajstić information content (AvgIpc) is 2.42. The monoisotopic (exact) mass is 255 g/mol. The molecule has 0 amide bonds. The van der Waals surface area contributed by atoms with Gasteiger partial charge in [0.15, 0.2) is 5.78 Å². The molecule has 100 valence electrons. The van der Waals surface area contributed by atoms with E-state index in [2.05, 4.69) is 13.0 Å². The number of nitriles is 1. The van der Waals surface area contributed by atoms with Crippen molar-refractivity contribution >= 4 is 5.78 Å². The van der Waals surface area contributed by atoms with Gasteiger partial charge >= 0.3 is 0 Å². The summed E-state index contributed by atoms with van der Waals surface area (Å²) in [6, 6.07) is 9.95. The highest BCUT2D eigenvalue weighted by molar-refractivity contribution is 5.90. The van der Waals surface area contributed by atoms with E-state index in [0.29, 0.717) is 0 Å². The first-order valence-corrected chi connectivity index (χ1v) is 7.11. The Balaban J connectivity index is 2.11. The fourth-order valence-electron chi connectivity index (χ4n) is 2.84. The molecule has 1 unspecified atom stereocenters. The maximum atomic E-state index is 12.5. The van der Waals surface area contributed by atoms with Crippen LogP contribution in [0.2, 0.25) is 0 Å². The van der Waals surface area contributed by atoms with Crippen LogP contribution in [0.3, 0.4) is 0 Å². The van der Waals surface area contributed by atoms with Gasteiger partial charge in [-0.3, -0.25) is 4.79 Å². The average molecular weight is 255 g/mol. The summed E-state index contributed by atoms with van der Waals surface area (Å²) in [6.07, 6.45) is 4.12. The van der Waals surface area contributed by atoms with Crippen LogP contribution in [0.1, 0.15) is 49.7 Å². The van der Waals surface area contributed by atoms with E-state index in [1.54, 1.807) is 0 Å². The highest BCUT2D eigenvalue weighted by Crippen LogP contribution is 2.32. The van der Waals surface area contributed by atoms with Gasteiger partial charge in [-0.2, -0.15) is 5.26 Å². The van der Waals surface area contributed by atoms with Crippen molar-refractivity contribution < 1.29 is 4.79 Å². The highest BCUT2D eigenvalue weighted by atomic mass is 16.1. The number of nitrogens with zero attached hydrogens (tertiary/aromatic N) is 1. The summed E-state index contributed by atoms with van der Waals surface area (Å²) in [5.41, 5.74) is 2.00. The summed E-state index contributed by atoms with van der Waals surface area (Å²) in [7, 11) is 0. The van der Waals surface area contributed by atoms with E-state index >= 15 is 0 Å².